The van der Waals surface area contributed by atoms with Crippen LogP contribution in [-0.4, -0.2) is 28.9 Å². The van der Waals surface area contributed by atoms with Gasteiger partial charge in [0.15, 0.2) is 0 Å². The smallest absolute Gasteiger partial charge is 0.396 e. The summed E-state index contributed by atoms with van der Waals surface area (Å²) in [5, 5.41) is 10.4. The van der Waals surface area contributed by atoms with Crippen molar-refractivity contribution in [1.29, 1.82) is 5.26 Å². The standard InChI is InChI=1S/C24H20F3N5/c1-15-18(11-28)9-20(19(12-29)13-30-14-23(6-7-23)24(25,26)27)22(32-15)17-5-4-16-3-2-8-31-21(16)10-17/h2-5,8-10,12-13H,6-7,14,29H2,1H3/b19-12+,30-13?. The molecule has 1 aliphatic carbocycles. The van der Waals surface area contributed by atoms with Gasteiger partial charge in [-0.05, 0) is 38.0 Å². The lowest BCUT2D eigenvalue weighted by Crippen LogP contribution is -2.27. The zero-order valence-electron chi connectivity index (χ0n) is 17.3. The third-order valence-corrected chi connectivity index (χ3v) is 5.78. The van der Waals surface area contributed by atoms with E-state index in [2.05, 4.69) is 21.0 Å². The number of halogens is 3. The molecule has 0 spiro atoms. The number of nitrogens with zero attached hydrogens (tertiary/aromatic N) is 4. The van der Waals surface area contributed by atoms with Crippen LogP contribution in [0.15, 0.2) is 53.8 Å². The third-order valence-electron chi connectivity index (χ3n) is 5.78. The van der Waals surface area contributed by atoms with E-state index in [-0.39, 0.29) is 19.4 Å². The molecule has 0 aliphatic heterocycles. The first-order valence-corrected chi connectivity index (χ1v) is 10.0. The first-order chi connectivity index (χ1) is 15.3. The molecular weight excluding hydrogens is 415 g/mol. The minimum atomic E-state index is -4.28. The van der Waals surface area contributed by atoms with Crippen molar-refractivity contribution in [1.82, 2.24) is 9.97 Å². The molecule has 8 heteroatoms. The minimum Gasteiger partial charge on any atom is -0.404 e. The molecule has 1 saturated carbocycles. The highest BCUT2D eigenvalue weighted by atomic mass is 19.4. The Balaban J connectivity index is 1.76. The van der Waals surface area contributed by atoms with E-state index < -0.39 is 11.6 Å². The highest BCUT2D eigenvalue weighted by molar-refractivity contribution is 6.12. The van der Waals surface area contributed by atoms with Gasteiger partial charge in [-0.3, -0.25) is 15.0 Å². The summed E-state index contributed by atoms with van der Waals surface area (Å²) in [5.74, 6) is 0. The molecular formula is C24H20F3N5. The van der Waals surface area contributed by atoms with Crippen molar-refractivity contribution in [2.45, 2.75) is 25.9 Å². The fraction of sp³-hybridized carbons (Fsp3) is 0.250. The molecule has 2 N–H and O–H groups in total. The zero-order chi connectivity index (χ0) is 22.9. The van der Waals surface area contributed by atoms with Gasteiger partial charge < -0.3 is 5.73 Å². The second kappa shape index (κ2) is 8.08. The molecule has 1 fully saturated rings. The van der Waals surface area contributed by atoms with Crippen LogP contribution in [0.2, 0.25) is 0 Å². The molecule has 3 aromatic rings. The first-order valence-electron chi connectivity index (χ1n) is 10.0. The van der Waals surface area contributed by atoms with Gasteiger partial charge in [-0.25, -0.2) is 0 Å². The molecule has 0 unspecified atom stereocenters. The van der Waals surface area contributed by atoms with Gasteiger partial charge >= 0.3 is 6.18 Å². The first kappa shape index (κ1) is 21.5. The SMILES string of the molecule is Cc1nc(-c2ccc3cccnc3c2)c(/C(C=NCC2(C(F)(F)F)CC2)=C/N)cc1C#N. The van der Waals surface area contributed by atoms with Gasteiger partial charge in [0, 0.05) is 40.7 Å². The number of nitrogens with two attached hydrogens (primary N) is 1. The minimum absolute atomic E-state index is 0.0789. The van der Waals surface area contributed by atoms with Crippen molar-refractivity contribution in [3.8, 4) is 17.3 Å². The molecule has 0 radical (unpaired) electrons. The van der Waals surface area contributed by atoms with Crippen molar-refractivity contribution in [2.75, 3.05) is 6.54 Å². The second-order valence-electron chi connectivity index (χ2n) is 7.91. The average molecular weight is 435 g/mol. The summed E-state index contributed by atoms with van der Waals surface area (Å²) in [5.41, 5.74) is 7.96. The number of aryl methyl sites for hydroxylation is 1. The fourth-order valence-corrected chi connectivity index (χ4v) is 3.58. The second-order valence-corrected chi connectivity index (χ2v) is 7.91. The summed E-state index contributed by atoms with van der Waals surface area (Å²) in [6, 6.07) is 13.2. The molecule has 2 aromatic heterocycles. The number of hydrogen-bond donors (Lipinski definition) is 1. The maximum atomic E-state index is 13.2. The largest absolute Gasteiger partial charge is 0.404 e. The molecule has 0 saturated heterocycles. The van der Waals surface area contributed by atoms with Crippen molar-refractivity contribution < 1.29 is 13.2 Å². The number of aliphatic imine (C=N–C) groups is 1. The van der Waals surface area contributed by atoms with Crippen LogP contribution < -0.4 is 5.73 Å². The number of rotatable bonds is 5. The Morgan fingerprint density at radius 3 is 2.72 bits per heavy atom. The Morgan fingerprint density at radius 2 is 2.06 bits per heavy atom. The van der Waals surface area contributed by atoms with E-state index in [1.807, 2.05) is 30.3 Å². The van der Waals surface area contributed by atoms with Gasteiger partial charge in [-0.1, -0.05) is 18.2 Å². The molecule has 1 aromatic carbocycles. The van der Waals surface area contributed by atoms with Crippen LogP contribution in [0.4, 0.5) is 13.2 Å². The summed E-state index contributed by atoms with van der Waals surface area (Å²) in [7, 11) is 0. The Hall–Kier alpha value is -3.73. The van der Waals surface area contributed by atoms with Crippen LogP contribution >= 0.6 is 0 Å². The molecule has 32 heavy (non-hydrogen) atoms. The van der Waals surface area contributed by atoms with Gasteiger partial charge in [0.05, 0.1) is 34.4 Å². The van der Waals surface area contributed by atoms with E-state index in [0.29, 0.717) is 28.1 Å². The van der Waals surface area contributed by atoms with E-state index >= 15 is 0 Å². The summed E-state index contributed by atoms with van der Waals surface area (Å²) < 4.78 is 39.6. The van der Waals surface area contributed by atoms with E-state index in [1.54, 1.807) is 19.2 Å². The Kier molecular flexibility index (Phi) is 5.43. The number of benzene rings is 1. The van der Waals surface area contributed by atoms with E-state index in [0.717, 1.165) is 16.5 Å². The molecule has 0 atom stereocenters. The molecule has 1 aliphatic rings. The number of fused-ring (bicyclic) bond motifs is 1. The Labute approximate surface area is 183 Å². The van der Waals surface area contributed by atoms with Gasteiger partial charge in [0.25, 0.3) is 0 Å². The van der Waals surface area contributed by atoms with Crippen LogP contribution in [-0.2, 0) is 0 Å². The number of alkyl halides is 3. The van der Waals surface area contributed by atoms with Crippen LogP contribution in [0, 0.1) is 23.7 Å². The third kappa shape index (κ3) is 3.94. The lowest BCUT2D eigenvalue weighted by Gasteiger charge is -2.16. The number of pyridine rings is 2. The van der Waals surface area contributed by atoms with E-state index in [4.69, 9.17) is 5.73 Å². The molecule has 4 rings (SSSR count). The highest BCUT2D eigenvalue weighted by Crippen LogP contribution is 2.57. The highest BCUT2D eigenvalue weighted by Gasteiger charge is 2.62. The average Bonchev–Trinajstić information content (AvgIpc) is 3.58. The topological polar surface area (TPSA) is 87.9 Å². The van der Waals surface area contributed by atoms with Crippen LogP contribution in [0.5, 0.6) is 0 Å². The van der Waals surface area contributed by atoms with Crippen molar-refractivity contribution >= 4 is 22.7 Å². The summed E-state index contributed by atoms with van der Waals surface area (Å²) in [6.45, 7) is 1.37. The van der Waals surface area contributed by atoms with Crippen molar-refractivity contribution in [2.24, 2.45) is 16.1 Å². The van der Waals surface area contributed by atoms with Crippen molar-refractivity contribution in [3.63, 3.8) is 0 Å². The normalized spacial score (nSPS) is 15.8. The van der Waals surface area contributed by atoms with Gasteiger partial charge in [-0.15, -0.1) is 0 Å². The lowest BCUT2D eigenvalue weighted by molar-refractivity contribution is -0.183. The number of aromatic nitrogens is 2. The molecule has 2 heterocycles. The van der Waals surface area contributed by atoms with E-state index in [9.17, 15) is 18.4 Å². The van der Waals surface area contributed by atoms with Gasteiger partial charge in [0.2, 0.25) is 0 Å². The number of nitriles is 1. The fourth-order valence-electron chi connectivity index (χ4n) is 3.58. The zero-order valence-corrected chi connectivity index (χ0v) is 17.3. The van der Waals surface area contributed by atoms with Gasteiger partial charge in [-0.2, -0.15) is 18.4 Å². The molecule has 5 nitrogen and oxygen atoms in total. The lowest BCUT2D eigenvalue weighted by atomic mass is 9.97. The van der Waals surface area contributed by atoms with Crippen LogP contribution in [0.3, 0.4) is 0 Å². The Morgan fingerprint density at radius 1 is 1.28 bits per heavy atom. The summed E-state index contributed by atoms with van der Waals surface area (Å²) in [6.07, 6.45) is 0.177. The molecule has 0 amide bonds. The number of allylic oxidation sites excluding steroid dienone is 1. The Bertz CT molecular complexity index is 1280. The summed E-state index contributed by atoms with van der Waals surface area (Å²) >= 11 is 0. The summed E-state index contributed by atoms with van der Waals surface area (Å²) in [4.78, 5) is 13.0. The number of hydrogen-bond acceptors (Lipinski definition) is 5. The maximum Gasteiger partial charge on any atom is 0.396 e. The maximum absolute atomic E-state index is 13.2. The van der Waals surface area contributed by atoms with E-state index in [1.165, 1.54) is 12.4 Å². The predicted molar refractivity (Wildman–Crippen MR) is 118 cm³/mol. The monoisotopic (exact) mass is 435 g/mol. The molecule has 0 bridgehead atoms. The van der Waals surface area contributed by atoms with Crippen LogP contribution in [0.25, 0.3) is 27.7 Å². The predicted octanol–water partition coefficient (Wildman–Crippen LogP) is 5.19. The van der Waals surface area contributed by atoms with Crippen molar-refractivity contribution in [3.05, 3.63) is 65.6 Å². The van der Waals surface area contributed by atoms with Gasteiger partial charge in [0.1, 0.15) is 6.07 Å². The molecule has 162 valence electrons. The quantitative estimate of drug-likeness (QED) is 0.559. The van der Waals surface area contributed by atoms with Crippen LogP contribution in [0.1, 0.15) is 29.7 Å².